The summed E-state index contributed by atoms with van der Waals surface area (Å²) in [5.74, 6) is -1.22. The Morgan fingerprint density at radius 3 is 2.39 bits per heavy atom. The molecule has 28 heavy (non-hydrogen) atoms. The van der Waals surface area contributed by atoms with E-state index < -0.39 is 24.0 Å². The lowest BCUT2D eigenvalue weighted by atomic mass is 10.00. The maximum atomic E-state index is 12.6. The van der Waals surface area contributed by atoms with Crippen molar-refractivity contribution in [1.82, 2.24) is 10.6 Å². The minimum Gasteiger partial charge on any atom is -0.449 e. The van der Waals surface area contributed by atoms with Crippen LogP contribution >= 0.6 is 0 Å². The first-order chi connectivity index (χ1) is 13.5. The molecule has 0 unspecified atom stereocenters. The number of benzene rings is 2. The molecule has 1 aliphatic rings. The molecule has 2 aromatic carbocycles. The van der Waals surface area contributed by atoms with E-state index in [1.807, 2.05) is 42.5 Å². The largest absolute Gasteiger partial charge is 0.449 e. The predicted octanol–water partition coefficient (Wildman–Crippen LogP) is 3.01. The molecule has 0 spiro atoms. The van der Waals surface area contributed by atoms with E-state index in [9.17, 15) is 14.4 Å². The number of imide groups is 1. The summed E-state index contributed by atoms with van der Waals surface area (Å²) >= 11 is 0. The van der Waals surface area contributed by atoms with Gasteiger partial charge in [0, 0.05) is 6.04 Å². The van der Waals surface area contributed by atoms with E-state index in [1.165, 1.54) is 12.5 Å². The lowest BCUT2D eigenvalue weighted by Crippen LogP contribution is -2.45. The van der Waals surface area contributed by atoms with Gasteiger partial charge in [-0.15, -0.1) is 0 Å². The second-order valence-electron chi connectivity index (χ2n) is 6.93. The van der Waals surface area contributed by atoms with Gasteiger partial charge in [0.2, 0.25) is 0 Å². The number of amides is 3. The summed E-state index contributed by atoms with van der Waals surface area (Å²) in [5.41, 5.74) is 2.47. The second-order valence-corrected chi connectivity index (χ2v) is 6.93. The molecule has 0 radical (unpaired) electrons. The molecule has 2 N–H and O–H groups in total. The molecule has 2 aromatic rings. The van der Waals surface area contributed by atoms with Crippen LogP contribution in [0.5, 0.6) is 0 Å². The molecule has 3 rings (SSSR count). The summed E-state index contributed by atoms with van der Waals surface area (Å²) < 4.78 is 5.28. The van der Waals surface area contributed by atoms with Crippen LogP contribution in [0.3, 0.4) is 0 Å². The smallest absolute Gasteiger partial charge is 0.339 e. The third-order valence-corrected chi connectivity index (χ3v) is 4.57. The molecule has 0 aromatic heterocycles. The lowest BCUT2D eigenvalue weighted by molar-refractivity contribution is -0.127. The lowest BCUT2D eigenvalue weighted by Gasteiger charge is -2.15. The Balaban J connectivity index is 1.57. The van der Waals surface area contributed by atoms with Crippen LogP contribution in [0.2, 0.25) is 0 Å². The first-order valence-electron chi connectivity index (χ1n) is 9.47. The Morgan fingerprint density at radius 1 is 1.00 bits per heavy atom. The fourth-order valence-corrected chi connectivity index (χ4v) is 2.80. The summed E-state index contributed by atoms with van der Waals surface area (Å²) in [4.78, 5) is 36.3. The van der Waals surface area contributed by atoms with Crippen molar-refractivity contribution in [1.29, 1.82) is 0 Å². The number of carbonyl (C=O) groups excluding carboxylic acids is 3. The van der Waals surface area contributed by atoms with Crippen LogP contribution in [0.15, 0.2) is 54.6 Å². The average Bonchev–Trinajstić information content (AvgIpc) is 3.51. The van der Waals surface area contributed by atoms with E-state index in [0.29, 0.717) is 12.0 Å². The van der Waals surface area contributed by atoms with Gasteiger partial charge in [-0.05, 0) is 49.8 Å². The summed E-state index contributed by atoms with van der Waals surface area (Å²) in [6.07, 6.45) is 2.25. The van der Waals surface area contributed by atoms with Gasteiger partial charge < -0.3 is 10.1 Å². The topological polar surface area (TPSA) is 84.5 Å². The fourth-order valence-electron chi connectivity index (χ4n) is 2.80. The second kappa shape index (κ2) is 9.17. The van der Waals surface area contributed by atoms with Crippen LogP contribution in [0.4, 0.5) is 4.79 Å². The Kier molecular flexibility index (Phi) is 6.42. The summed E-state index contributed by atoms with van der Waals surface area (Å²) in [5, 5.41) is 4.86. The van der Waals surface area contributed by atoms with Gasteiger partial charge in [-0.1, -0.05) is 48.5 Å². The molecule has 3 amide bonds. The highest BCUT2D eigenvalue weighted by Crippen LogP contribution is 2.18. The van der Waals surface area contributed by atoms with Gasteiger partial charge in [0.25, 0.3) is 5.91 Å². The number of nitrogens with one attached hydrogen (secondary N) is 2. The number of carbonyl (C=O) groups is 3. The summed E-state index contributed by atoms with van der Waals surface area (Å²) in [6, 6.07) is 16.8. The van der Waals surface area contributed by atoms with Crippen molar-refractivity contribution in [2.75, 3.05) is 0 Å². The monoisotopic (exact) mass is 380 g/mol. The Morgan fingerprint density at radius 2 is 1.68 bits per heavy atom. The minimum atomic E-state index is -1.07. The van der Waals surface area contributed by atoms with Crippen LogP contribution in [0.25, 0.3) is 0 Å². The zero-order valence-electron chi connectivity index (χ0n) is 15.8. The summed E-state index contributed by atoms with van der Waals surface area (Å²) in [6.45, 7) is 1.45. The zero-order valence-corrected chi connectivity index (χ0v) is 15.8. The Hall–Kier alpha value is -3.15. The Bertz CT molecular complexity index is 847. The molecule has 1 aliphatic carbocycles. The van der Waals surface area contributed by atoms with Crippen molar-refractivity contribution >= 4 is 17.9 Å². The van der Waals surface area contributed by atoms with Crippen LogP contribution in [-0.4, -0.2) is 30.1 Å². The van der Waals surface area contributed by atoms with Crippen LogP contribution in [0, 0.1) is 0 Å². The maximum absolute atomic E-state index is 12.6. The average molecular weight is 380 g/mol. The normalized spacial score (nSPS) is 14.0. The molecule has 0 saturated heterocycles. The van der Waals surface area contributed by atoms with Crippen LogP contribution < -0.4 is 10.6 Å². The van der Waals surface area contributed by atoms with Crippen LogP contribution in [0.1, 0.15) is 41.3 Å². The summed E-state index contributed by atoms with van der Waals surface area (Å²) in [7, 11) is 0. The third kappa shape index (κ3) is 5.67. The SMILES string of the molecule is C[C@H](OC(=O)c1ccccc1CCc1ccccc1)C(=O)NC(=O)NC1CC1. The number of rotatable bonds is 7. The van der Waals surface area contributed by atoms with Gasteiger partial charge in [0.15, 0.2) is 6.10 Å². The van der Waals surface area contributed by atoms with Crippen LogP contribution in [-0.2, 0) is 22.4 Å². The van der Waals surface area contributed by atoms with E-state index in [0.717, 1.165) is 24.8 Å². The third-order valence-electron chi connectivity index (χ3n) is 4.57. The van der Waals surface area contributed by atoms with E-state index >= 15 is 0 Å². The highest BCUT2D eigenvalue weighted by Gasteiger charge is 2.26. The van der Waals surface area contributed by atoms with Crippen molar-refractivity contribution in [2.45, 2.75) is 44.8 Å². The van der Waals surface area contributed by atoms with Crippen molar-refractivity contribution < 1.29 is 19.1 Å². The highest BCUT2D eigenvalue weighted by molar-refractivity contribution is 5.99. The molecule has 1 atom stereocenters. The number of hydrogen-bond donors (Lipinski definition) is 2. The first kappa shape index (κ1) is 19.6. The molecule has 146 valence electrons. The van der Waals surface area contributed by atoms with Crippen molar-refractivity contribution in [3.8, 4) is 0 Å². The predicted molar refractivity (Wildman–Crippen MR) is 105 cm³/mol. The van der Waals surface area contributed by atoms with Gasteiger partial charge in [-0.25, -0.2) is 9.59 Å². The minimum absolute atomic E-state index is 0.141. The van der Waals surface area contributed by atoms with Gasteiger partial charge in [-0.3, -0.25) is 10.1 Å². The van der Waals surface area contributed by atoms with Crippen molar-refractivity contribution in [2.24, 2.45) is 0 Å². The molecule has 0 heterocycles. The fraction of sp³-hybridized carbons (Fsp3) is 0.318. The van der Waals surface area contributed by atoms with Gasteiger partial charge in [0.05, 0.1) is 5.56 Å². The van der Waals surface area contributed by atoms with Gasteiger partial charge in [0.1, 0.15) is 0 Å². The number of urea groups is 1. The van der Waals surface area contributed by atoms with E-state index in [-0.39, 0.29) is 6.04 Å². The van der Waals surface area contributed by atoms with Crippen molar-refractivity contribution in [3.63, 3.8) is 0 Å². The van der Waals surface area contributed by atoms with E-state index in [2.05, 4.69) is 10.6 Å². The highest BCUT2D eigenvalue weighted by atomic mass is 16.5. The number of esters is 1. The number of aryl methyl sites for hydroxylation is 2. The molecular formula is C22H24N2O4. The van der Waals surface area contributed by atoms with Gasteiger partial charge >= 0.3 is 12.0 Å². The quantitative estimate of drug-likeness (QED) is 0.723. The van der Waals surface area contributed by atoms with E-state index in [1.54, 1.807) is 12.1 Å². The standard InChI is InChI=1S/C22H24N2O4/c1-15(20(25)24-22(27)23-18-13-14-18)28-21(26)19-10-6-5-9-17(19)12-11-16-7-3-2-4-8-16/h2-10,15,18H,11-14H2,1H3,(H2,23,24,25,27)/t15-/m0/s1. The Labute approximate surface area is 164 Å². The molecule has 6 nitrogen and oxygen atoms in total. The van der Waals surface area contributed by atoms with Crippen molar-refractivity contribution in [3.05, 3.63) is 71.3 Å². The first-order valence-corrected chi connectivity index (χ1v) is 9.47. The molecule has 1 saturated carbocycles. The van der Waals surface area contributed by atoms with E-state index in [4.69, 9.17) is 4.74 Å². The number of hydrogen-bond acceptors (Lipinski definition) is 4. The molecule has 0 bridgehead atoms. The zero-order chi connectivity index (χ0) is 19.9. The molecule has 0 aliphatic heterocycles. The van der Waals surface area contributed by atoms with Gasteiger partial charge in [-0.2, -0.15) is 0 Å². The number of ether oxygens (including phenoxy) is 1. The molecular weight excluding hydrogens is 356 g/mol. The molecule has 1 fully saturated rings. The molecule has 6 heteroatoms. The maximum Gasteiger partial charge on any atom is 0.339 e.